The van der Waals surface area contributed by atoms with E-state index in [4.69, 9.17) is 27.9 Å². The van der Waals surface area contributed by atoms with E-state index in [1.165, 1.54) is 0 Å². The van der Waals surface area contributed by atoms with Gasteiger partial charge in [-0.05, 0) is 11.6 Å². The summed E-state index contributed by atoms with van der Waals surface area (Å²) in [5, 5.41) is 0.131. The number of aromatic nitrogens is 2. The molecule has 1 aromatic heterocycles. The number of hydrogen-bond donors (Lipinski definition) is 0. The van der Waals surface area contributed by atoms with Crippen LogP contribution < -0.4 is 9.64 Å². The highest BCUT2D eigenvalue weighted by atomic mass is 35.5. The molecule has 0 saturated carbocycles. The fourth-order valence-corrected chi connectivity index (χ4v) is 2.41. The molecule has 19 heavy (non-hydrogen) atoms. The number of rotatable bonds is 4. The number of anilines is 1. The van der Waals surface area contributed by atoms with Gasteiger partial charge in [0.1, 0.15) is 6.61 Å². The molecule has 2 heterocycles. The lowest BCUT2D eigenvalue weighted by atomic mass is 10.3. The highest BCUT2D eigenvalue weighted by molar-refractivity contribution is 7.85. The highest BCUT2D eigenvalue weighted by Crippen LogP contribution is 2.35. The largest absolute Gasteiger partial charge is 0.485 e. The Morgan fingerprint density at radius 1 is 1.42 bits per heavy atom. The molecular weight excluding hydrogens is 317 g/mol. The molecule has 10 heteroatoms. The maximum absolute atomic E-state index is 10.9. The first-order valence-electron chi connectivity index (χ1n) is 5.32. The molecule has 1 aliphatic rings. The lowest BCUT2D eigenvalue weighted by Gasteiger charge is -2.29. The summed E-state index contributed by atoms with van der Waals surface area (Å²) in [7, 11) is -3.46. The molecule has 0 bridgehead atoms. The van der Waals surface area contributed by atoms with Crippen LogP contribution >= 0.6 is 23.2 Å². The molecule has 7 nitrogen and oxygen atoms in total. The maximum atomic E-state index is 10.9. The Morgan fingerprint density at radius 3 is 2.84 bits per heavy atom. The summed E-state index contributed by atoms with van der Waals surface area (Å²) in [6, 6.07) is 0. The zero-order valence-corrected chi connectivity index (χ0v) is 12.3. The third-order valence-electron chi connectivity index (χ3n) is 2.34. The summed E-state index contributed by atoms with van der Waals surface area (Å²) in [6.07, 6.45) is 0.996. The van der Waals surface area contributed by atoms with Crippen LogP contribution in [-0.4, -0.2) is 50.9 Å². The summed E-state index contributed by atoms with van der Waals surface area (Å²) >= 11 is 11.6. The summed E-state index contributed by atoms with van der Waals surface area (Å²) in [5.74, 6) is 0.782. The summed E-state index contributed by atoms with van der Waals surface area (Å²) in [5.41, 5.74) is 0. The van der Waals surface area contributed by atoms with Crippen molar-refractivity contribution in [2.24, 2.45) is 0 Å². The van der Waals surface area contributed by atoms with Crippen LogP contribution in [0.5, 0.6) is 5.75 Å². The molecule has 0 N–H and O–H groups in total. The number of hydrogen-bond acceptors (Lipinski definition) is 7. The van der Waals surface area contributed by atoms with E-state index < -0.39 is 10.1 Å². The molecule has 0 unspecified atom stereocenters. The van der Waals surface area contributed by atoms with Crippen molar-refractivity contribution in [2.75, 3.05) is 37.5 Å². The third kappa shape index (κ3) is 3.82. The summed E-state index contributed by atoms with van der Waals surface area (Å²) in [6.45, 7) is 1.27. The van der Waals surface area contributed by atoms with Crippen molar-refractivity contribution in [3.63, 3.8) is 0 Å². The minimum Gasteiger partial charge on any atom is -0.485 e. The summed E-state index contributed by atoms with van der Waals surface area (Å²) in [4.78, 5) is 9.60. The first-order chi connectivity index (χ1) is 8.87. The second kappa shape index (κ2) is 5.66. The van der Waals surface area contributed by atoms with Gasteiger partial charge in [0.05, 0.1) is 19.4 Å². The smallest absolute Gasteiger partial charge is 0.264 e. The predicted molar refractivity (Wildman–Crippen MR) is 70.6 cm³/mol. The molecule has 106 valence electrons. The molecule has 0 fully saturated rings. The van der Waals surface area contributed by atoms with Crippen LogP contribution in [0.15, 0.2) is 0 Å². The normalized spacial score (nSPS) is 15.0. The van der Waals surface area contributed by atoms with Crippen LogP contribution in [0, 0.1) is 0 Å². The van der Waals surface area contributed by atoms with Crippen LogP contribution in [0.2, 0.25) is 10.4 Å². The van der Waals surface area contributed by atoms with Gasteiger partial charge in [0.25, 0.3) is 10.1 Å². The molecule has 0 atom stereocenters. The van der Waals surface area contributed by atoms with Crippen molar-refractivity contribution < 1.29 is 17.3 Å². The van der Waals surface area contributed by atoms with E-state index in [0.717, 1.165) is 6.26 Å². The minimum absolute atomic E-state index is 0.00304. The van der Waals surface area contributed by atoms with Gasteiger partial charge in [0.15, 0.2) is 16.7 Å². The topological polar surface area (TPSA) is 81.6 Å². The monoisotopic (exact) mass is 327 g/mol. The van der Waals surface area contributed by atoms with Gasteiger partial charge >= 0.3 is 0 Å². The lowest BCUT2D eigenvalue weighted by molar-refractivity contribution is 0.288. The van der Waals surface area contributed by atoms with Gasteiger partial charge in [0, 0.05) is 6.54 Å². The van der Waals surface area contributed by atoms with Crippen molar-refractivity contribution >= 4 is 39.1 Å². The van der Waals surface area contributed by atoms with Crippen LogP contribution in [0.4, 0.5) is 5.82 Å². The molecule has 1 aromatic rings. The Kier molecular flexibility index (Phi) is 4.34. The number of halogens is 2. The minimum atomic E-state index is -3.46. The van der Waals surface area contributed by atoms with E-state index in [1.807, 2.05) is 0 Å². The van der Waals surface area contributed by atoms with E-state index in [2.05, 4.69) is 14.2 Å². The standard InChI is InChI=1S/C9H11Cl2N3O4S/c1-19(15,16)18-5-3-14-2-4-17-6-7(10)12-9(11)13-8(6)14/h2-5H2,1H3. The van der Waals surface area contributed by atoms with E-state index in [-0.39, 0.29) is 17.0 Å². The molecule has 1 aliphatic heterocycles. The molecule has 0 amide bonds. The second-order valence-electron chi connectivity index (χ2n) is 3.80. The first-order valence-corrected chi connectivity index (χ1v) is 7.89. The number of fused-ring (bicyclic) bond motifs is 1. The molecule has 0 spiro atoms. The second-order valence-corrected chi connectivity index (χ2v) is 6.14. The Morgan fingerprint density at radius 2 is 2.16 bits per heavy atom. The average Bonchev–Trinajstić information content (AvgIpc) is 2.28. The van der Waals surface area contributed by atoms with Crippen molar-refractivity contribution in [2.45, 2.75) is 0 Å². The van der Waals surface area contributed by atoms with Crippen molar-refractivity contribution in [3.05, 3.63) is 10.4 Å². The molecule has 2 rings (SSSR count). The first kappa shape index (κ1) is 14.6. The number of ether oxygens (including phenoxy) is 1. The fourth-order valence-electron chi connectivity index (χ4n) is 1.61. The van der Waals surface area contributed by atoms with Crippen LogP contribution in [0.3, 0.4) is 0 Å². The van der Waals surface area contributed by atoms with Gasteiger partial charge in [-0.1, -0.05) is 11.6 Å². The molecular formula is C9H11Cl2N3O4S. The maximum Gasteiger partial charge on any atom is 0.264 e. The van der Waals surface area contributed by atoms with Crippen molar-refractivity contribution in [1.82, 2.24) is 9.97 Å². The van der Waals surface area contributed by atoms with E-state index in [1.54, 1.807) is 4.90 Å². The summed E-state index contributed by atoms with van der Waals surface area (Å²) < 4.78 is 31.8. The van der Waals surface area contributed by atoms with Crippen molar-refractivity contribution in [1.29, 1.82) is 0 Å². The fraction of sp³-hybridized carbons (Fsp3) is 0.556. The molecule has 0 aromatic carbocycles. The van der Waals surface area contributed by atoms with Crippen molar-refractivity contribution in [3.8, 4) is 5.75 Å². The number of nitrogens with zero attached hydrogens (tertiary/aromatic N) is 3. The predicted octanol–water partition coefficient (Wildman–Crippen LogP) is 0.958. The van der Waals surface area contributed by atoms with Gasteiger partial charge in [0.2, 0.25) is 5.28 Å². The Labute approximate surface area is 120 Å². The SMILES string of the molecule is CS(=O)(=O)OCCN1CCOc2c(Cl)nc(Cl)nc21. The average molecular weight is 328 g/mol. The zero-order valence-electron chi connectivity index (χ0n) is 9.97. The molecule has 0 saturated heterocycles. The lowest BCUT2D eigenvalue weighted by Crippen LogP contribution is -2.36. The van der Waals surface area contributed by atoms with E-state index >= 15 is 0 Å². The van der Waals surface area contributed by atoms with Gasteiger partial charge in [-0.25, -0.2) is 4.98 Å². The van der Waals surface area contributed by atoms with Crippen LogP contribution in [-0.2, 0) is 14.3 Å². The van der Waals surface area contributed by atoms with Crippen LogP contribution in [0.25, 0.3) is 0 Å². The van der Waals surface area contributed by atoms with Gasteiger partial charge < -0.3 is 9.64 Å². The Balaban J connectivity index is 2.13. The molecule has 0 aliphatic carbocycles. The molecule has 0 radical (unpaired) electrons. The third-order valence-corrected chi connectivity index (χ3v) is 3.36. The van der Waals surface area contributed by atoms with Gasteiger partial charge in [-0.3, -0.25) is 4.18 Å². The Hall–Kier alpha value is -0.830. The highest BCUT2D eigenvalue weighted by Gasteiger charge is 2.24. The van der Waals surface area contributed by atoms with E-state index in [0.29, 0.717) is 31.3 Å². The quantitative estimate of drug-likeness (QED) is 0.462. The van der Waals surface area contributed by atoms with Gasteiger partial charge in [-0.2, -0.15) is 13.4 Å². The Bertz CT molecular complexity index is 581. The van der Waals surface area contributed by atoms with E-state index in [9.17, 15) is 8.42 Å². The zero-order chi connectivity index (χ0) is 14.0. The van der Waals surface area contributed by atoms with Gasteiger partial charge in [-0.15, -0.1) is 0 Å². The van der Waals surface area contributed by atoms with Crippen LogP contribution in [0.1, 0.15) is 0 Å².